The Morgan fingerprint density at radius 3 is 2.89 bits per heavy atom. The first-order valence-electron chi connectivity index (χ1n) is 4.96. The van der Waals surface area contributed by atoms with E-state index in [4.69, 9.17) is 0 Å². The van der Waals surface area contributed by atoms with Crippen molar-refractivity contribution < 1.29 is 18.3 Å². The molecule has 18 heavy (non-hydrogen) atoms. The summed E-state index contributed by atoms with van der Waals surface area (Å²) in [6, 6.07) is 6.49. The van der Waals surface area contributed by atoms with Gasteiger partial charge in [0.15, 0.2) is 0 Å². The number of rotatable bonds is 3. The van der Waals surface area contributed by atoms with E-state index < -0.39 is 18.0 Å². The monoisotopic (exact) mass is 253 g/mol. The molecule has 0 radical (unpaired) electrons. The third-order valence-electron chi connectivity index (χ3n) is 2.11. The van der Waals surface area contributed by atoms with Gasteiger partial charge in [-0.25, -0.2) is 9.78 Å². The van der Waals surface area contributed by atoms with Gasteiger partial charge < -0.3 is 9.72 Å². The summed E-state index contributed by atoms with van der Waals surface area (Å²) < 4.78 is 31.1. The van der Waals surface area contributed by atoms with E-state index in [9.17, 15) is 13.6 Å². The molecule has 2 N–H and O–H groups in total. The van der Waals surface area contributed by atoms with Crippen molar-refractivity contribution in [2.24, 2.45) is 0 Å². The topological polar surface area (TPSA) is 67.0 Å². The van der Waals surface area contributed by atoms with Crippen molar-refractivity contribution in [3.8, 4) is 0 Å². The molecule has 0 bridgehead atoms. The Morgan fingerprint density at radius 1 is 1.50 bits per heavy atom. The van der Waals surface area contributed by atoms with Crippen LogP contribution in [0.3, 0.4) is 0 Å². The fourth-order valence-electron chi connectivity index (χ4n) is 1.37. The molecule has 0 saturated heterocycles. The van der Waals surface area contributed by atoms with Crippen molar-refractivity contribution in [1.82, 2.24) is 15.3 Å². The van der Waals surface area contributed by atoms with E-state index in [0.29, 0.717) is 11.0 Å². The number of H-pyrrole nitrogens is 1. The van der Waals surface area contributed by atoms with Crippen molar-refractivity contribution in [2.75, 3.05) is 0 Å². The Kier molecular flexibility index (Phi) is 2.97. The maximum atomic E-state index is 13.6. The molecular weight excluding hydrogens is 244 g/mol. The number of alkyl halides is 2. The van der Waals surface area contributed by atoms with Gasteiger partial charge >= 0.3 is 12.2 Å². The highest BCUT2D eigenvalue weighted by molar-refractivity contribution is 5.75. The van der Waals surface area contributed by atoms with E-state index >= 15 is 0 Å². The van der Waals surface area contributed by atoms with Crippen LogP contribution < -0.4 is 5.32 Å². The number of halogens is 2. The van der Waals surface area contributed by atoms with E-state index in [2.05, 4.69) is 21.3 Å². The minimum Gasteiger partial charge on any atom is -0.378 e. The molecule has 0 aliphatic carbocycles. The average Bonchev–Trinajstić information content (AvgIpc) is 2.72. The smallest absolute Gasteiger partial charge is 0.378 e. The van der Waals surface area contributed by atoms with Crippen molar-refractivity contribution in [3.63, 3.8) is 0 Å². The molecule has 7 heteroatoms. The van der Waals surface area contributed by atoms with Gasteiger partial charge in [0.2, 0.25) is 5.82 Å². The fourth-order valence-corrected chi connectivity index (χ4v) is 1.37. The zero-order valence-corrected chi connectivity index (χ0v) is 9.11. The van der Waals surface area contributed by atoms with Crippen molar-refractivity contribution in [1.29, 1.82) is 0 Å². The number of hydrogen-bond acceptors (Lipinski definition) is 3. The summed E-state index contributed by atoms with van der Waals surface area (Å²) in [5, 5.41) is 1.89. The molecule has 1 aromatic carbocycles. The van der Waals surface area contributed by atoms with Gasteiger partial charge in [-0.2, -0.15) is 8.78 Å². The first-order valence-corrected chi connectivity index (χ1v) is 4.96. The van der Waals surface area contributed by atoms with Crippen molar-refractivity contribution in [3.05, 3.63) is 42.9 Å². The summed E-state index contributed by atoms with van der Waals surface area (Å²) in [5.41, 5.74) is 0.791. The highest BCUT2D eigenvalue weighted by Crippen LogP contribution is 2.28. The predicted octanol–water partition coefficient (Wildman–Crippen LogP) is 2.48. The third kappa shape index (κ3) is 2.29. The third-order valence-corrected chi connectivity index (χ3v) is 2.11. The minimum atomic E-state index is -3.84. The second-order valence-corrected chi connectivity index (χ2v) is 3.36. The summed E-state index contributed by atoms with van der Waals surface area (Å²) in [6.45, 7) is 3.16. The second kappa shape index (κ2) is 4.44. The molecule has 0 saturated carbocycles. The maximum Gasteiger partial charge on any atom is 0.463 e. The largest absolute Gasteiger partial charge is 0.463 e. The quantitative estimate of drug-likeness (QED) is 0.883. The Labute approximate surface area is 100 Å². The van der Waals surface area contributed by atoms with Crippen LogP contribution >= 0.6 is 0 Å². The molecule has 94 valence electrons. The number of carbonyl (C=O) groups excluding carboxylic acids is 1. The Bertz CT molecular complexity index is 562. The molecule has 1 heterocycles. The van der Waals surface area contributed by atoms with Crippen LogP contribution in [0.25, 0.3) is 11.0 Å². The van der Waals surface area contributed by atoms with E-state index in [1.54, 1.807) is 24.3 Å². The van der Waals surface area contributed by atoms with Crippen LogP contribution in [0.15, 0.2) is 37.0 Å². The van der Waals surface area contributed by atoms with Crippen LogP contribution in [0.2, 0.25) is 0 Å². The van der Waals surface area contributed by atoms with Crippen LogP contribution in [0.1, 0.15) is 5.82 Å². The number of fused-ring (bicyclic) bond motifs is 1. The first-order chi connectivity index (χ1) is 8.53. The molecule has 1 aromatic heterocycles. The zero-order chi connectivity index (χ0) is 13.2. The number of imidazole rings is 1. The number of alkyl carbamates (subject to hydrolysis) is 1. The normalized spacial score (nSPS) is 11.2. The molecule has 0 atom stereocenters. The molecule has 0 unspecified atom stereocenters. The maximum absolute atomic E-state index is 13.6. The molecular formula is C11H9F2N3O2. The fraction of sp³-hybridized carbons (Fsp3) is 0.0909. The first kappa shape index (κ1) is 12.0. The number of nitrogens with zero attached hydrogens (tertiary/aromatic N) is 1. The lowest BCUT2D eigenvalue weighted by molar-refractivity contribution is -0.212. The number of nitrogens with one attached hydrogen (secondary N) is 2. The number of carbonyl (C=O) groups is 1. The second-order valence-electron chi connectivity index (χ2n) is 3.36. The van der Waals surface area contributed by atoms with Gasteiger partial charge in [0.1, 0.15) is 0 Å². The van der Waals surface area contributed by atoms with Crippen molar-refractivity contribution in [2.45, 2.75) is 6.11 Å². The number of aromatic amines is 1. The Morgan fingerprint density at radius 2 is 2.22 bits per heavy atom. The summed E-state index contributed by atoms with van der Waals surface area (Å²) in [7, 11) is 0. The Balaban J connectivity index is 2.28. The zero-order valence-electron chi connectivity index (χ0n) is 9.11. The van der Waals surface area contributed by atoms with Crippen LogP contribution in [0, 0.1) is 0 Å². The lowest BCUT2D eigenvalue weighted by atomic mass is 10.3. The number of hydrogen-bond donors (Lipinski definition) is 2. The van der Waals surface area contributed by atoms with Gasteiger partial charge in [-0.05, 0) is 18.3 Å². The van der Waals surface area contributed by atoms with E-state index in [1.165, 1.54) is 0 Å². The van der Waals surface area contributed by atoms with Gasteiger partial charge in [0, 0.05) is 0 Å². The van der Waals surface area contributed by atoms with Crippen molar-refractivity contribution >= 4 is 17.1 Å². The highest BCUT2D eigenvalue weighted by atomic mass is 19.3. The number of aromatic nitrogens is 2. The summed E-state index contributed by atoms with van der Waals surface area (Å²) in [5.74, 6) is -0.733. The van der Waals surface area contributed by atoms with E-state index in [0.717, 1.165) is 6.20 Å². The summed E-state index contributed by atoms with van der Waals surface area (Å²) in [4.78, 5) is 17.0. The van der Waals surface area contributed by atoms with Crippen LogP contribution in [0.4, 0.5) is 13.6 Å². The number of benzene rings is 1. The SMILES string of the molecule is C=CNC(=O)OC(F)(F)c1nc2ccccc2[nH]1. The van der Waals surface area contributed by atoms with Crippen LogP contribution in [0.5, 0.6) is 0 Å². The molecule has 0 spiro atoms. The molecule has 2 aromatic rings. The molecule has 0 aliphatic heterocycles. The van der Waals surface area contributed by atoms with E-state index in [1.807, 2.05) is 5.32 Å². The van der Waals surface area contributed by atoms with Crippen LogP contribution in [-0.2, 0) is 10.8 Å². The summed E-state index contributed by atoms with van der Waals surface area (Å²) >= 11 is 0. The molecule has 2 rings (SSSR count). The standard InChI is InChI=1S/C11H9F2N3O2/c1-2-14-10(17)18-11(12,13)9-15-7-5-3-4-6-8(7)16-9/h2-6H,1H2,(H,14,17)(H,15,16). The van der Waals surface area contributed by atoms with Crippen LogP contribution in [-0.4, -0.2) is 16.1 Å². The molecule has 5 nitrogen and oxygen atoms in total. The molecule has 0 aliphatic rings. The lowest BCUT2D eigenvalue weighted by Gasteiger charge is -2.13. The number of para-hydroxylation sites is 2. The van der Waals surface area contributed by atoms with Gasteiger partial charge in [-0.3, -0.25) is 5.32 Å². The lowest BCUT2D eigenvalue weighted by Crippen LogP contribution is -2.29. The number of amides is 1. The number of ether oxygens (including phenoxy) is 1. The predicted molar refractivity (Wildman–Crippen MR) is 59.8 cm³/mol. The molecule has 1 amide bonds. The summed E-state index contributed by atoms with van der Waals surface area (Å²) in [6.07, 6.45) is -4.21. The van der Waals surface area contributed by atoms with E-state index in [-0.39, 0.29) is 0 Å². The van der Waals surface area contributed by atoms with Gasteiger partial charge in [-0.1, -0.05) is 18.7 Å². The molecule has 0 fully saturated rings. The average molecular weight is 253 g/mol. The Hall–Kier alpha value is -2.44. The minimum absolute atomic E-state index is 0.361. The van der Waals surface area contributed by atoms with Gasteiger partial charge in [-0.15, -0.1) is 0 Å². The van der Waals surface area contributed by atoms with Gasteiger partial charge in [0.05, 0.1) is 11.0 Å². The van der Waals surface area contributed by atoms with Gasteiger partial charge in [0.25, 0.3) is 0 Å². The highest BCUT2D eigenvalue weighted by Gasteiger charge is 2.40.